The lowest BCUT2D eigenvalue weighted by Gasteiger charge is -2.03. The molecule has 9 heteroatoms. The Kier molecular flexibility index (Phi) is 6.80. The summed E-state index contributed by atoms with van der Waals surface area (Å²) >= 11 is 47.6. The quantitative estimate of drug-likeness (QED) is 0.276. The van der Waals surface area contributed by atoms with E-state index in [9.17, 15) is 0 Å². The summed E-state index contributed by atoms with van der Waals surface area (Å²) in [5.41, 5.74) is 0. The molecule has 0 saturated heterocycles. The highest BCUT2D eigenvalue weighted by atomic mass is 127. The minimum atomic E-state index is -0.826. The summed E-state index contributed by atoms with van der Waals surface area (Å²) < 4.78 is 1.51. The Morgan fingerprint density at radius 3 is 1.14 bits per heavy atom. The molecule has 0 fully saturated rings. The summed E-state index contributed by atoms with van der Waals surface area (Å²) in [7, 11) is 0. The number of rotatable bonds is 2. The van der Waals surface area contributed by atoms with Crippen molar-refractivity contribution in [2.45, 2.75) is 0 Å². The monoisotopic (exact) mass is 553 g/mol. The van der Waals surface area contributed by atoms with Crippen LogP contribution in [0.3, 0.4) is 0 Å². The Bertz CT molecular complexity index is 667. The second-order valence-electron chi connectivity index (χ2n) is 3.66. The van der Waals surface area contributed by atoms with Crippen LogP contribution in [0.4, 0.5) is 0 Å². The van der Waals surface area contributed by atoms with E-state index in [1.807, 2.05) is 0 Å². The minimum absolute atomic E-state index is 0.211. The predicted octanol–water partition coefficient (Wildman–Crippen LogP) is 5.04. The van der Waals surface area contributed by atoms with Crippen molar-refractivity contribution < 1.29 is 21.2 Å². The summed E-state index contributed by atoms with van der Waals surface area (Å²) in [5, 5.41) is 2.19. The highest BCUT2D eigenvalue weighted by Gasteiger charge is 2.29. The van der Waals surface area contributed by atoms with Crippen LogP contribution in [0, 0.1) is 7.14 Å². The van der Waals surface area contributed by atoms with Crippen LogP contribution in [-0.2, 0) is 0 Å². The van der Waals surface area contributed by atoms with E-state index in [0.29, 0.717) is 20.1 Å². The third-order valence-corrected chi connectivity index (χ3v) is 9.32. The van der Waals surface area contributed by atoms with Gasteiger partial charge in [-0.05, 0) is 0 Å². The molecule has 0 bridgehead atoms. The number of hydrogen-bond acceptors (Lipinski definition) is 0. The van der Waals surface area contributed by atoms with Crippen LogP contribution in [0.5, 0.6) is 0 Å². The fourth-order valence-corrected chi connectivity index (χ4v) is 6.68. The van der Waals surface area contributed by atoms with Gasteiger partial charge in [0.1, 0.15) is 10.0 Å². The van der Waals surface area contributed by atoms with Crippen molar-refractivity contribution in [2.75, 3.05) is 0 Å². The Morgan fingerprint density at radius 1 is 0.476 bits per heavy atom. The fraction of sp³-hybridized carbons (Fsp3) is 0. The minimum Gasteiger partial charge on any atom is -0.0825 e. The zero-order valence-corrected chi connectivity index (χ0v) is 17.8. The average Bonchev–Trinajstić information content (AvgIpc) is 2.45. The van der Waals surface area contributed by atoms with Crippen LogP contribution >= 0.6 is 92.8 Å². The Labute approximate surface area is 171 Å². The number of halogens is 9. The lowest BCUT2D eigenvalue weighted by Crippen LogP contribution is -3.61. The lowest BCUT2D eigenvalue weighted by molar-refractivity contribution is -0.597. The normalized spacial score (nSPS) is 11.0. The number of benzene rings is 2. The molecule has 0 radical (unpaired) electrons. The van der Waals surface area contributed by atoms with Gasteiger partial charge in [-0.15, -0.1) is 0 Å². The first-order valence-corrected chi connectivity index (χ1v) is 10.2. The van der Waals surface area contributed by atoms with Gasteiger partial charge in [-0.25, -0.2) is 0 Å². The summed E-state index contributed by atoms with van der Waals surface area (Å²) in [6.45, 7) is 0. The molecular weight excluding hydrogens is 555 g/mol. The zero-order chi connectivity index (χ0) is 15.9. The van der Waals surface area contributed by atoms with Crippen LogP contribution in [0.25, 0.3) is 0 Å². The molecule has 0 aliphatic heterocycles. The van der Waals surface area contributed by atoms with Gasteiger partial charge in [-0.2, -0.15) is 0 Å². The molecule has 0 aliphatic carbocycles. The van der Waals surface area contributed by atoms with Crippen molar-refractivity contribution in [3.8, 4) is 0 Å². The Hall–Kier alpha value is 1.49. The van der Waals surface area contributed by atoms with Gasteiger partial charge >= 0.3 is 21.2 Å². The van der Waals surface area contributed by atoms with E-state index in [1.165, 1.54) is 0 Å². The molecular formula is C12H2Cl8I+. The van der Waals surface area contributed by atoms with Crippen LogP contribution < -0.4 is 21.2 Å². The molecule has 0 nitrogen and oxygen atoms in total. The first-order valence-electron chi connectivity index (χ1n) is 5.04. The Morgan fingerprint density at radius 2 is 0.810 bits per heavy atom. The van der Waals surface area contributed by atoms with E-state index in [-0.39, 0.29) is 20.1 Å². The van der Waals surface area contributed by atoms with E-state index in [0.717, 1.165) is 7.14 Å². The van der Waals surface area contributed by atoms with Crippen LogP contribution in [0.15, 0.2) is 12.1 Å². The maximum atomic E-state index is 6.20. The molecule has 112 valence electrons. The van der Waals surface area contributed by atoms with Crippen LogP contribution in [0.1, 0.15) is 0 Å². The maximum Gasteiger partial charge on any atom is 0.361 e. The molecule has 0 saturated carbocycles. The van der Waals surface area contributed by atoms with Gasteiger partial charge in [0.15, 0.2) is 0 Å². The molecule has 0 heterocycles. The van der Waals surface area contributed by atoms with Crippen LogP contribution in [-0.4, -0.2) is 0 Å². The van der Waals surface area contributed by atoms with Crippen molar-refractivity contribution in [3.05, 3.63) is 59.5 Å². The summed E-state index contributed by atoms with van der Waals surface area (Å²) in [5.74, 6) is 0. The molecule has 21 heavy (non-hydrogen) atoms. The standard InChI is InChI=1S/C12H2Cl8I/c13-3-1-5(9(17)11(19)7(3)15)21-6-2-4(14)8(16)12(20)10(6)18/h1-2H/q+1. The molecule has 0 unspecified atom stereocenters. The summed E-state index contributed by atoms with van der Waals surface area (Å²) in [6.07, 6.45) is 0. The second kappa shape index (κ2) is 7.58. The van der Waals surface area contributed by atoms with Gasteiger partial charge in [0.2, 0.25) is 7.14 Å². The smallest absolute Gasteiger partial charge is 0.0825 e. The molecule has 0 N–H and O–H groups in total. The first-order chi connectivity index (χ1) is 9.73. The topological polar surface area (TPSA) is 0 Å². The van der Waals surface area contributed by atoms with E-state index in [2.05, 4.69) is 0 Å². The largest absolute Gasteiger partial charge is 0.361 e. The molecule has 0 amide bonds. The van der Waals surface area contributed by atoms with Crippen molar-refractivity contribution in [3.63, 3.8) is 0 Å². The van der Waals surface area contributed by atoms with Gasteiger partial charge in [0.25, 0.3) is 0 Å². The summed E-state index contributed by atoms with van der Waals surface area (Å²) in [6, 6.07) is 3.33. The molecule has 2 rings (SSSR count). The van der Waals surface area contributed by atoms with E-state index in [4.69, 9.17) is 92.8 Å². The fourth-order valence-electron chi connectivity index (χ4n) is 1.34. The lowest BCUT2D eigenvalue weighted by atomic mass is 10.3. The molecule has 0 spiro atoms. The molecule has 2 aromatic rings. The zero-order valence-electron chi connectivity index (χ0n) is 9.56. The summed E-state index contributed by atoms with van der Waals surface area (Å²) in [4.78, 5) is 0. The van der Waals surface area contributed by atoms with Crippen molar-refractivity contribution >= 4 is 92.8 Å². The van der Waals surface area contributed by atoms with E-state index >= 15 is 0 Å². The predicted molar refractivity (Wildman–Crippen MR) is 90.4 cm³/mol. The van der Waals surface area contributed by atoms with Gasteiger partial charge in [0, 0.05) is 12.1 Å². The van der Waals surface area contributed by atoms with Crippen molar-refractivity contribution in [1.82, 2.24) is 0 Å². The van der Waals surface area contributed by atoms with Crippen molar-refractivity contribution in [1.29, 1.82) is 0 Å². The van der Waals surface area contributed by atoms with Crippen molar-refractivity contribution in [2.24, 2.45) is 0 Å². The average molecular weight is 557 g/mol. The van der Waals surface area contributed by atoms with Crippen LogP contribution in [0.2, 0.25) is 40.2 Å². The maximum absolute atomic E-state index is 6.20. The molecule has 0 atom stereocenters. The van der Waals surface area contributed by atoms with Gasteiger partial charge < -0.3 is 0 Å². The molecule has 0 aromatic heterocycles. The molecule has 2 aromatic carbocycles. The highest BCUT2D eigenvalue weighted by Crippen LogP contribution is 2.36. The SMILES string of the molecule is Clc1cc([I+]c2cc(Cl)c(Cl)c(Cl)c2Cl)c(Cl)c(Cl)c1Cl. The molecule has 0 aliphatic rings. The van der Waals surface area contributed by atoms with Gasteiger partial charge in [-0.3, -0.25) is 0 Å². The first kappa shape index (κ1) is 18.8. The van der Waals surface area contributed by atoms with E-state index < -0.39 is 21.2 Å². The highest BCUT2D eigenvalue weighted by molar-refractivity contribution is 6.52. The second-order valence-corrected chi connectivity index (χ2v) is 9.60. The van der Waals surface area contributed by atoms with Gasteiger partial charge in [0.05, 0.1) is 30.1 Å². The van der Waals surface area contributed by atoms with E-state index in [1.54, 1.807) is 12.1 Å². The third kappa shape index (κ3) is 3.94. The van der Waals surface area contributed by atoms with Gasteiger partial charge in [-0.1, -0.05) is 92.8 Å². The Balaban J connectivity index is 2.54. The third-order valence-electron chi connectivity index (χ3n) is 2.32. The number of hydrogen-bond donors (Lipinski definition) is 0.